The molecule has 0 saturated carbocycles. The monoisotopic (exact) mass is 223 g/mol. The maximum absolute atomic E-state index is 5.78. The molecule has 5 heteroatoms. The van der Waals surface area contributed by atoms with E-state index in [0.29, 0.717) is 23.3 Å². The molecule has 0 saturated heterocycles. The lowest BCUT2D eigenvalue weighted by Crippen LogP contribution is -2.04. The van der Waals surface area contributed by atoms with Gasteiger partial charge in [0.25, 0.3) is 0 Å². The summed E-state index contributed by atoms with van der Waals surface area (Å²) in [7, 11) is 1.83. The lowest BCUT2D eigenvalue weighted by Gasteiger charge is -1.94. The minimum Gasteiger partial charge on any atom is -0.419 e. The number of halogens is 1. The molecule has 0 aliphatic heterocycles. The van der Waals surface area contributed by atoms with Crippen LogP contribution in [-0.4, -0.2) is 17.2 Å². The lowest BCUT2D eigenvalue weighted by atomic mass is 10.2. The van der Waals surface area contributed by atoms with Gasteiger partial charge in [0.15, 0.2) is 0 Å². The highest BCUT2D eigenvalue weighted by molar-refractivity contribution is 6.30. The van der Waals surface area contributed by atoms with Gasteiger partial charge in [-0.15, -0.1) is 10.2 Å². The van der Waals surface area contributed by atoms with Crippen molar-refractivity contribution in [2.45, 2.75) is 6.54 Å². The van der Waals surface area contributed by atoms with E-state index < -0.39 is 0 Å². The fourth-order valence-electron chi connectivity index (χ4n) is 1.19. The maximum Gasteiger partial charge on any atom is 0.247 e. The van der Waals surface area contributed by atoms with E-state index in [-0.39, 0.29) is 0 Å². The lowest BCUT2D eigenvalue weighted by molar-refractivity contribution is 0.490. The summed E-state index contributed by atoms with van der Waals surface area (Å²) in [6, 6.07) is 7.27. The Morgan fingerprint density at radius 3 is 2.67 bits per heavy atom. The van der Waals surface area contributed by atoms with E-state index in [9.17, 15) is 0 Å². The zero-order valence-electron chi connectivity index (χ0n) is 8.20. The Bertz CT molecular complexity index is 438. The minimum absolute atomic E-state index is 0.511. The predicted octanol–water partition coefficient (Wildman–Crippen LogP) is 2.11. The molecule has 78 valence electrons. The molecule has 0 fully saturated rings. The standard InChI is InChI=1S/C10H10ClN3O/c1-12-6-9-13-14-10(15-9)7-2-4-8(11)5-3-7/h2-5,12H,6H2,1H3. The van der Waals surface area contributed by atoms with Gasteiger partial charge in [-0.3, -0.25) is 0 Å². The van der Waals surface area contributed by atoms with Crippen molar-refractivity contribution in [1.29, 1.82) is 0 Å². The highest BCUT2D eigenvalue weighted by Gasteiger charge is 2.06. The van der Waals surface area contributed by atoms with Crippen LogP contribution in [0.2, 0.25) is 5.02 Å². The van der Waals surface area contributed by atoms with E-state index >= 15 is 0 Å². The van der Waals surface area contributed by atoms with E-state index in [0.717, 1.165) is 5.56 Å². The van der Waals surface area contributed by atoms with Crippen molar-refractivity contribution in [1.82, 2.24) is 15.5 Å². The van der Waals surface area contributed by atoms with Gasteiger partial charge in [-0.05, 0) is 31.3 Å². The van der Waals surface area contributed by atoms with Gasteiger partial charge < -0.3 is 9.73 Å². The van der Waals surface area contributed by atoms with Crippen LogP contribution < -0.4 is 5.32 Å². The van der Waals surface area contributed by atoms with Crippen LogP contribution in [0.25, 0.3) is 11.5 Å². The second kappa shape index (κ2) is 4.42. The van der Waals surface area contributed by atoms with Gasteiger partial charge in [-0.2, -0.15) is 0 Å². The number of hydrogen-bond acceptors (Lipinski definition) is 4. The Labute approximate surface area is 92.3 Å². The molecule has 1 heterocycles. The van der Waals surface area contributed by atoms with Gasteiger partial charge >= 0.3 is 0 Å². The average molecular weight is 224 g/mol. The van der Waals surface area contributed by atoms with Gasteiger partial charge in [0, 0.05) is 10.6 Å². The highest BCUT2D eigenvalue weighted by atomic mass is 35.5. The molecule has 1 aromatic heterocycles. The van der Waals surface area contributed by atoms with Gasteiger partial charge in [-0.1, -0.05) is 11.6 Å². The van der Waals surface area contributed by atoms with Crippen LogP contribution in [0.3, 0.4) is 0 Å². The first-order valence-corrected chi connectivity index (χ1v) is 4.90. The molecule has 1 N–H and O–H groups in total. The van der Waals surface area contributed by atoms with Crippen molar-refractivity contribution in [3.05, 3.63) is 35.2 Å². The fraction of sp³-hybridized carbons (Fsp3) is 0.200. The first-order valence-electron chi connectivity index (χ1n) is 4.52. The van der Waals surface area contributed by atoms with Crippen molar-refractivity contribution < 1.29 is 4.42 Å². The summed E-state index contributed by atoms with van der Waals surface area (Å²) in [5.74, 6) is 1.08. The summed E-state index contributed by atoms with van der Waals surface area (Å²) in [5, 5.41) is 11.5. The molecule has 4 nitrogen and oxygen atoms in total. The molecule has 2 aromatic rings. The maximum atomic E-state index is 5.78. The van der Waals surface area contributed by atoms with Crippen molar-refractivity contribution in [2.24, 2.45) is 0 Å². The average Bonchev–Trinajstić information content (AvgIpc) is 2.68. The van der Waals surface area contributed by atoms with Gasteiger partial charge in [-0.25, -0.2) is 0 Å². The molecule has 2 rings (SSSR count). The summed E-state index contributed by atoms with van der Waals surface area (Å²) >= 11 is 5.78. The number of hydrogen-bond donors (Lipinski definition) is 1. The summed E-state index contributed by atoms with van der Waals surface area (Å²) < 4.78 is 5.42. The first-order chi connectivity index (χ1) is 7.29. The van der Waals surface area contributed by atoms with Crippen LogP contribution in [0.4, 0.5) is 0 Å². The van der Waals surface area contributed by atoms with Crippen molar-refractivity contribution in [2.75, 3.05) is 7.05 Å². The Hall–Kier alpha value is -1.39. The normalized spacial score (nSPS) is 10.5. The Balaban J connectivity index is 2.25. The highest BCUT2D eigenvalue weighted by Crippen LogP contribution is 2.19. The number of nitrogens with one attached hydrogen (secondary N) is 1. The van der Waals surface area contributed by atoms with E-state index in [1.165, 1.54) is 0 Å². The van der Waals surface area contributed by atoms with Crippen molar-refractivity contribution in [3.8, 4) is 11.5 Å². The number of benzene rings is 1. The van der Waals surface area contributed by atoms with Crippen molar-refractivity contribution >= 4 is 11.6 Å². The van der Waals surface area contributed by atoms with E-state index in [1.807, 2.05) is 19.2 Å². The zero-order valence-corrected chi connectivity index (χ0v) is 8.95. The third kappa shape index (κ3) is 2.34. The molecule has 0 amide bonds. The largest absolute Gasteiger partial charge is 0.419 e. The molecule has 0 aliphatic carbocycles. The molecular weight excluding hydrogens is 214 g/mol. The molecular formula is C10H10ClN3O. The zero-order chi connectivity index (χ0) is 10.7. The molecule has 0 unspecified atom stereocenters. The minimum atomic E-state index is 0.511. The van der Waals surface area contributed by atoms with Crippen LogP contribution in [0.1, 0.15) is 5.89 Å². The topological polar surface area (TPSA) is 51.0 Å². The van der Waals surface area contributed by atoms with Crippen LogP contribution in [0, 0.1) is 0 Å². The predicted molar refractivity (Wildman–Crippen MR) is 57.5 cm³/mol. The van der Waals surface area contributed by atoms with E-state index in [2.05, 4.69) is 15.5 Å². The number of nitrogens with zero attached hydrogens (tertiary/aromatic N) is 2. The molecule has 1 aromatic carbocycles. The summed E-state index contributed by atoms with van der Waals surface area (Å²) in [6.45, 7) is 0.570. The van der Waals surface area contributed by atoms with Crippen molar-refractivity contribution in [3.63, 3.8) is 0 Å². The smallest absolute Gasteiger partial charge is 0.247 e. The Kier molecular flexibility index (Phi) is 2.99. The summed E-state index contributed by atoms with van der Waals surface area (Å²) in [5.41, 5.74) is 0.870. The molecule has 0 atom stereocenters. The second-order valence-corrected chi connectivity index (χ2v) is 3.47. The molecule has 0 bridgehead atoms. The Morgan fingerprint density at radius 2 is 2.00 bits per heavy atom. The second-order valence-electron chi connectivity index (χ2n) is 3.04. The molecule has 15 heavy (non-hydrogen) atoms. The van der Waals surface area contributed by atoms with Crippen LogP contribution in [0.5, 0.6) is 0 Å². The number of rotatable bonds is 3. The fourth-order valence-corrected chi connectivity index (χ4v) is 1.31. The molecule has 0 aliphatic rings. The van der Waals surface area contributed by atoms with E-state index in [1.54, 1.807) is 12.1 Å². The van der Waals surface area contributed by atoms with Crippen LogP contribution in [0.15, 0.2) is 28.7 Å². The third-order valence-electron chi connectivity index (χ3n) is 1.89. The van der Waals surface area contributed by atoms with Gasteiger partial charge in [0.05, 0.1) is 6.54 Å². The molecule has 0 spiro atoms. The summed E-state index contributed by atoms with van der Waals surface area (Å²) in [6.07, 6.45) is 0. The first kappa shape index (κ1) is 10.1. The summed E-state index contributed by atoms with van der Waals surface area (Å²) in [4.78, 5) is 0. The number of aromatic nitrogens is 2. The van der Waals surface area contributed by atoms with E-state index in [4.69, 9.17) is 16.0 Å². The Morgan fingerprint density at radius 1 is 1.27 bits per heavy atom. The van der Waals surface area contributed by atoms with Gasteiger partial charge in [0.1, 0.15) is 0 Å². The van der Waals surface area contributed by atoms with Gasteiger partial charge in [0.2, 0.25) is 11.8 Å². The van der Waals surface area contributed by atoms with Crippen LogP contribution in [-0.2, 0) is 6.54 Å². The SMILES string of the molecule is CNCc1nnc(-c2ccc(Cl)cc2)o1. The quantitative estimate of drug-likeness (QED) is 0.866. The molecule has 0 radical (unpaired) electrons. The third-order valence-corrected chi connectivity index (χ3v) is 2.14. The van der Waals surface area contributed by atoms with Crippen LogP contribution >= 0.6 is 11.6 Å².